The van der Waals surface area contributed by atoms with Crippen LogP contribution in [0.25, 0.3) is 6.08 Å². The van der Waals surface area contributed by atoms with Gasteiger partial charge in [-0.05, 0) is 41.7 Å². The van der Waals surface area contributed by atoms with Crippen LogP contribution in [-0.2, 0) is 5.41 Å². The molecule has 0 heterocycles. The van der Waals surface area contributed by atoms with E-state index in [4.69, 9.17) is 0 Å². The van der Waals surface area contributed by atoms with Crippen molar-refractivity contribution in [3.05, 3.63) is 88.5 Å². The first kappa shape index (κ1) is 10.8. The van der Waals surface area contributed by atoms with Crippen molar-refractivity contribution in [1.82, 2.24) is 0 Å². The first-order valence-corrected chi connectivity index (χ1v) is 6.87. The second-order valence-corrected chi connectivity index (χ2v) is 5.51. The average molecular weight is 244 g/mol. The van der Waals surface area contributed by atoms with Crippen molar-refractivity contribution in [3.63, 3.8) is 0 Å². The second kappa shape index (κ2) is 3.71. The number of benzene rings is 2. The molecule has 0 saturated carbocycles. The Morgan fingerprint density at radius 3 is 2.47 bits per heavy atom. The van der Waals surface area contributed by atoms with Gasteiger partial charge >= 0.3 is 0 Å². The summed E-state index contributed by atoms with van der Waals surface area (Å²) in [7, 11) is 0. The molecule has 0 heteroatoms. The van der Waals surface area contributed by atoms with Crippen LogP contribution in [-0.4, -0.2) is 0 Å². The zero-order valence-electron chi connectivity index (χ0n) is 11.1. The molecule has 2 aliphatic rings. The van der Waals surface area contributed by atoms with Crippen molar-refractivity contribution >= 4 is 6.08 Å². The van der Waals surface area contributed by atoms with E-state index < -0.39 is 0 Å². The summed E-state index contributed by atoms with van der Waals surface area (Å²) in [6.45, 7) is 2.24. The summed E-state index contributed by atoms with van der Waals surface area (Å²) in [5, 5.41) is 0. The normalized spacial score (nSPS) is 23.6. The molecule has 1 unspecified atom stereocenters. The SMILES string of the molecule is CC1=CCC2(c3ccccc3)C1=Cc1ccccc12. The van der Waals surface area contributed by atoms with Gasteiger partial charge in [-0.25, -0.2) is 0 Å². The Morgan fingerprint density at radius 2 is 1.63 bits per heavy atom. The van der Waals surface area contributed by atoms with Gasteiger partial charge in [0.2, 0.25) is 0 Å². The first-order valence-electron chi connectivity index (χ1n) is 6.87. The van der Waals surface area contributed by atoms with Gasteiger partial charge in [0.1, 0.15) is 0 Å². The molecule has 0 bridgehead atoms. The lowest BCUT2D eigenvalue weighted by Crippen LogP contribution is -2.24. The molecule has 19 heavy (non-hydrogen) atoms. The summed E-state index contributed by atoms with van der Waals surface area (Å²) in [5.41, 5.74) is 7.25. The van der Waals surface area contributed by atoms with Crippen LogP contribution in [0, 0.1) is 0 Å². The van der Waals surface area contributed by atoms with E-state index in [0.29, 0.717) is 0 Å². The molecule has 0 amide bonds. The fraction of sp³-hybridized carbons (Fsp3) is 0.158. The van der Waals surface area contributed by atoms with Crippen molar-refractivity contribution in [1.29, 1.82) is 0 Å². The largest absolute Gasteiger partial charge is 0.0797 e. The number of hydrogen-bond donors (Lipinski definition) is 0. The van der Waals surface area contributed by atoms with E-state index in [1.165, 1.54) is 27.8 Å². The minimum atomic E-state index is 0.0714. The quantitative estimate of drug-likeness (QED) is 0.681. The Bertz CT molecular complexity index is 704. The highest BCUT2D eigenvalue weighted by molar-refractivity contribution is 5.79. The Hall–Kier alpha value is -2.08. The number of fused-ring (bicyclic) bond motifs is 3. The maximum atomic E-state index is 2.38. The Kier molecular flexibility index (Phi) is 2.11. The molecule has 0 saturated heterocycles. The van der Waals surface area contributed by atoms with Gasteiger partial charge in [-0.1, -0.05) is 66.2 Å². The van der Waals surface area contributed by atoms with E-state index in [1.54, 1.807) is 0 Å². The first-order chi connectivity index (χ1) is 9.32. The zero-order chi connectivity index (χ0) is 12.9. The molecule has 0 N–H and O–H groups in total. The van der Waals surface area contributed by atoms with Crippen molar-refractivity contribution in [2.75, 3.05) is 0 Å². The van der Waals surface area contributed by atoms with Crippen LogP contribution in [0.4, 0.5) is 0 Å². The molecule has 0 aliphatic heterocycles. The lowest BCUT2D eigenvalue weighted by molar-refractivity contribution is 0.661. The van der Waals surface area contributed by atoms with Crippen LogP contribution in [0.1, 0.15) is 30.0 Å². The lowest BCUT2D eigenvalue weighted by Gasteiger charge is -2.30. The van der Waals surface area contributed by atoms with Crippen LogP contribution in [0.15, 0.2) is 71.8 Å². The van der Waals surface area contributed by atoms with Gasteiger partial charge in [0.15, 0.2) is 0 Å². The van der Waals surface area contributed by atoms with Crippen LogP contribution in [0.3, 0.4) is 0 Å². The third-order valence-corrected chi connectivity index (χ3v) is 4.59. The van der Waals surface area contributed by atoms with Gasteiger partial charge in [0.05, 0.1) is 0 Å². The fourth-order valence-corrected chi connectivity index (χ4v) is 3.67. The van der Waals surface area contributed by atoms with E-state index in [-0.39, 0.29) is 5.41 Å². The summed E-state index contributed by atoms with van der Waals surface area (Å²) in [5.74, 6) is 0. The number of hydrogen-bond acceptors (Lipinski definition) is 0. The van der Waals surface area contributed by atoms with Gasteiger partial charge < -0.3 is 0 Å². The Balaban J connectivity index is 2.03. The van der Waals surface area contributed by atoms with Gasteiger partial charge in [-0.15, -0.1) is 0 Å². The van der Waals surface area contributed by atoms with Crippen molar-refractivity contribution < 1.29 is 0 Å². The summed E-state index contributed by atoms with van der Waals surface area (Å²) < 4.78 is 0. The maximum Gasteiger partial charge on any atom is 0.0494 e. The molecule has 92 valence electrons. The highest BCUT2D eigenvalue weighted by Crippen LogP contribution is 2.55. The van der Waals surface area contributed by atoms with E-state index in [2.05, 4.69) is 73.7 Å². The van der Waals surface area contributed by atoms with Gasteiger partial charge in [0.25, 0.3) is 0 Å². The summed E-state index contributed by atoms with van der Waals surface area (Å²) in [6.07, 6.45) is 5.85. The molecule has 2 aliphatic carbocycles. The summed E-state index contributed by atoms with van der Waals surface area (Å²) in [4.78, 5) is 0. The number of allylic oxidation sites excluding steroid dienone is 3. The Labute approximate surface area is 114 Å². The topological polar surface area (TPSA) is 0 Å². The third-order valence-electron chi connectivity index (χ3n) is 4.59. The monoisotopic (exact) mass is 244 g/mol. The van der Waals surface area contributed by atoms with Crippen molar-refractivity contribution in [2.24, 2.45) is 0 Å². The molecule has 1 atom stereocenters. The predicted molar refractivity (Wildman–Crippen MR) is 80.0 cm³/mol. The predicted octanol–water partition coefficient (Wildman–Crippen LogP) is 4.72. The standard InChI is InChI=1S/C19H16/c1-14-11-12-19(16-8-3-2-4-9-16)17-10-6-5-7-15(17)13-18(14)19/h2-11,13H,12H2,1H3. The molecule has 0 spiro atoms. The molecule has 0 nitrogen and oxygen atoms in total. The van der Waals surface area contributed by atoms with Crippen molar-refractivity contribution in [2.45, 2.75) is 18.8 Å². The lowest BCUT2D eigenvalue weighted by atomic mass is 9.72. The van der Waals surface area contributed by atoms with Crippen LogP contribution >= 0.6 is 0 Å². The third kappa shape index (κ3) is 1.29. The molecule has 4 rings (SSSR count). The smallest absolute Gasteiger partial charge is 0.0494 e. The van der Waals surface area contributed by atoms with E-state index in [1.807, 2.05) is 0 Å². The maximum absolute atomic E-state index is 2.38. The summed E-state index contributed by atoms with van der Waals surface area (Å²) in [6, 6.07) is 19.7. The molecule has 2 aromatic carbocycles. The molecular weight excluding hydrogens is 228 g/mol. The molecular formula is C19H16. The van der Waals surface area contributed by atoms with Crippen molar-refractivity contribution in [3.8, 4) is 0 Å². The zero-order valence-corrected chi connectivity index (χ0v) is 11.1. The minimum Gasteiger partial charge on any atom is -0.0797 e. The number of rotatable bonds is 1. The van der Waals surface area contributed by atoms with Crippen LogP contribution < -0.4 is 0 Å². The second-order valence-electron chi connectivity index (χ2n) is 5.51. The van der Waals surface area contributed by atoms with E-state index >= 15 is 0 Å². The van der Waals surface area contributed by atoms with Gasteiger partial charge in [0, 0.05) is 5.41 Å². The van der Waals surface area contributed by atoms with Crippen LogP contribution in [0.5, 0.6) is 0 Å². The van der Waals surface area contributed by atoms with Gasteiger partial charge in [-0.3, -0.25) is 0 Å². The summed E-state index contributed by atoms with van der Waals surface area (Å²) >= 11 is 0. The van der Waals surface area contributed by atoms with E-state index in [0.717, 1.165) is 6.42 Å². The highest BCUT2D eigenvalue weighted by atomic mass is 14.5. The molecule has 0 radical (unpaired) electrons. The molecule has 2 aromatic rings. The fourth-order valence-electron chi connectivity index (χ4n) is 3.67. The minimum absolute atomic E-state index is 0.0714. The average Bonchev–Trinajstić information content (AvgIpc) is 2.97. The Morgan fingerprint density at radius 1 is 0.895 bits per heavy atom. The van der Waals surface area contributed by atoms with E-state index in [9.17, 15) is 0 Å². The molecule has 0 fully saturated rings. The van der Waals surface area contributed by atoms with Crippen LogP contribution in [0.2, 0.25) is 0 Å². The van der Waals surface area contributed by atoms with Gasteiger partial charge in [-0.2, -0.15) is 0 Å². The highest BCUT2D eigenvalue weighted by Gasteiger charge is 2.45. The molecule has 0 aromatic heterocycles.